The molecule has 1 N–H and O–H groups in total. The Kier molecular flexibility index (Phi) is 5.65. The first-order valence-electron chi connectivity index (χ1n) is 7.90. The zero-order valence-corrected chi connectivity index (χ0v) is 14.1. The molecule has 4 heteroatoms. The fourth-order valence-electron chi connectivity index (χ4n) is 3.29. The monoisotopic (exact) mass is 310 g/mol. The van der Waals surface area contributed by atoms with Gasteiger partial charge in [-0.2, -0.15) is 0 Å². The third kappa shape index (κ3) is 3.97. The average Bonchev–Trinajstić information content (AvgIpc) is 2.47. The maximum absolute atomic E-state index is 13.1. The van der Waals surface area contributed by atoms with Crippen LogP contribution in [-0.2, 0) is 9.09 Å². The molecule has 1 aromatic carbocycles. The van der Waals surface area contributed by atoms with Crippen molar-refractivity contribution in [1.82, 2.24) is 0 Å². The van der Waals surface area contributed by atoms with Crippen LogP contribution in [0.5, 0.6) is 0 Å². The standard InChI is InChI=1S/C17H27O3P/c1-13(2)16-10-9-14(3)11-17(16)20-21(19,12-18)15-7-5-4-6-8-15/h4-8,13-14,16-18H,9-12H2,1-3H3/t14-,16+,17-,21-/m1/s1. The molecule has 1 aliphatic carbocycles. The lowest BCUT2D eigenvalue weighted by molar-refractivity contribution is 0.0471. The third-order valence-electron chi connectivity index (χ3n) is 4.60. The van der Waals surface area contributed by atoms with E-state index in [1.165, 1.54) is 6.42 Å². The van der Waals surface area contributed by atoms with Crippen LogP contribution in [0.2, 0.25) is 0 Å². The number of benzene rings is 1. The van der Waals surface area contributed by atoms with Gasteiger partial charge in [-0.15, -0.1) is 0 Å². The van der Waals surface area contributed by atoms with E-state index in [4.69, 9.17) is 4.52 Å². The van der Waals surface area contributed by atoms with Gasteiger partial charge >= 0.3 is 0 Å². The highest BCUT2D eigenvalue weighted by Gasteiger charge is 2.37. The van der Waals surface area contributed by atoms with Crippen LogP contribution >= 0.6 is 7.37 Å². The van der Waals surface area contributed by atoms with Crippen molar-refractivity contribution in [3.63, 3.8) is 0 Å². The molecule has 3 nitrogen and oxygen atoms in total. The highest BCUT2D eigenvalue weighted by Crippen LogP contribution is 2.50. The average molecular weight is 310 g/mol. The quantitative estimate of drug-likeness (QED) is 0.836. The highest BCUT2D eigenvalue weighted by atomic mass is 31.2. The van der Waals surface area contributed by atoms with Crippen molar-refractivity contribution in [2.75, 3.05) is 6.35 Å². The van der Waals surface area contributed by atoms with Gasteiger partial charge in [-0.25, -0.2) is 0 Å². The summed E-state index contributed by atoms with van der Waals surface area (Å²) in [7, 11) is -3.17. The molecule has 0 spiro atoms. The van der Waals surface area contributed by atoms with Crippen molar-refractivity contribution >= 4 is 12.7 Å². The summed E-state index contributed by atoms with van der Waals surface area (Å²) in [4.78, 5) is 0. The van der Waals surface area contributed by atoms with Crippen molar-refractivity contribution in [2.24, 2.45) is 17.8 Å². The summed E-state index contributed by atoms with van der Waals surface area (Å²) in [5.41, 5.74) is 0. The van der Waals surface area contributed by atoms with Gasteiger partial charge in [0.25, 0.3) is 7.37 Å². The summed E-state index contributed by atoms with van der Waals surface area (Å²) in [5.74, 6) is 1.52. The van der Waals surface area contributed by atoms with Gasteiger partial charge in [-0.1, -0.05) is 45.4 Å². The van der Waals surface area contributed by atoms with E-state index in [9.17, 15) is 9.67 Å². The van der Waals surface area contributed by atoms with Crippen molar-refractivity contribution in [3.8, 4) is 0 Å². The fraction of sp³-hybridized carbons (Fsp3) is 0.647. The second kappa shape index (κ2) is 7.09. The molecule has 0 heterocycles. The van der Waals surface area contributed by atoms with Crippen molar-refractivity contribution in [2.45, 2.75) is 46.1 Å². The second-order valence-corrected chi connectivity index (χ2v) is 8.98. The van der Waals surface area contributed by atoms with Crippen LogP contribution in [0, 0.1) is 17.8 Å². The molecule has 0 radical (unpaired) electrons. The zero-order chi connectivity index (χ0) is 15.5. The summed E-state index contributed by atoms with van der Waals surface area (Å²) in [5, 5.41) is 10.3. The highest BCUT2D eigenvalue weighted by molar-refractivity contribution is 7.66. The molecule has 0 amide bonds. The predicted octanol–water partition coefficient (Wildman–Crippen LogP) is 4.02. The van der Waals surface area contributed by atoms with Gasteiger partial charge in [0.1, 0.15) is 6.35 Å². The van der Waals surface area contributed by atoms with E-state index in [0.29, 0.717) is 23.1 Å². The van der Waals surface area contributed by atoms with E-state index in [1.807, 2.05) is 18.2 Å². The Morgan fingerprint density at radius 1 is 1.29 bits per heavy atom. The smallest absolute Gasteiger partial charge is 0.256 e. The molecule has 2 rings (SSSR count). The Bertz CT molecular complexity index is 486. The lowest BCUT2D eigenvalue weighted by Gasteiger charge is -2.38. The van der Waals surface area contributed by atoms with E-state index >= 15 is 0 Å². The molecule has 0 unspecified atom stereocenters. The summed E-state index contributed by atoms with van der Waals surface area (Å²) >= 11 is 0. The minimum Gasteiger partial charge on any atom is -0.386 e. The van der Waals surface area contributed by atoms with Gasteiger partial charge in [0.15, 0.2) is 0 Å². The van der Waals surface area contributed by atoms with Crippen molar-refractivity contribution in [1.29, 1.82) is 0 Å². The lowest BCUT2D eigenvalue weighted by Crippen LogP contribution is -2.34. The number of hydrogen-bond donors (Lipinski definition) is 1. The normalized spacial score (nSPS) is 29.3. The minimum atomic E-state index is -3.17. The van der Waals surface area contributed by atoms with Gasteiger partial charge in [0, 0.05) is 5.30 Å². The molecular formula is C17H27O3P. The summed E-state index contributed by atoms with van der Waals surface area (Å²) in [6.45, 7) is 6.62. The predicted molar refractivity (Wildman–Crippen MR) is 87.0 cm³/mol. The third-order valence-corrected chi connectivity index (χ3v) is 6.67. The molecule has 1 fully saturated rings. The van der Waals surface area contributed by atoms with Crippen LogP contribution in [0.3, 0.4) is 0 Å². The maximum atomic E-state index is 13.1. The molecular weight excluding hydrogens is 283 g/mol. The van der Waals surface area contributed by atoms with Crippen molar-refractivity contribution < 1.29 is 14.2 Å². The van der Waals surface area contributed by atoms with Crippen LogP contribution in [0.1, 0.15) is 40.0 Å². The van der Waals surface area contributed by atoms with Crippen molar-refractivity contribution in [3.05, 3.63) is 30.3 Å². The summed E-state index contributed by atoms with van der Waals surface area (Å²) in [6.07, 6.45) is 2.81. The molecule has 1 saturated carbocycles. The molecule has 0 bridgehead atoms. The Morgan fingerprint density at radius 3 is 2.52 bits per heavy atom. The molecule has 1 aromatic rings. The molecule has 4 atom stereocenters. The maximum Gasteiger partial charge on any atom is 0.256 e. The lowest BCUT2D eigenvalue weighted by atomic mass is 9.75. The minimum absolute atomic E-state index is 0.0214. The Morgan fingerprint density at radius 2 is 1.95 bits per heavy atom. The number of rotatable bonds is 5. The Labute approximate surface area is 128 Å². The van der Waals surface area contributed by atoms with E-state index in [0.717, 1.165) is 12.8 Å². The summed E-state index contributed by atoms with van der Waals surface area (Å²) < 4.78 is 19.1. The van der Waals surface area contributed by atoms with E-state index in [1.54, 1.807) is 12.1 Å². The SMILES string of the molecule is CC(C)[C@@H]1CC[C@@H](C)C[C@H]1O[P@](=O)(CO)c1ccccc1. The largest absolute Gasteiger partial charge is 0.386 e. The first-order chi connectivity index (χ1) is 9.96. The van der Waals surface area contributed by atoms with Crippen LogP contribution in [0.4, 0.5) is 0 Å². The van der Waals surface area contributed by atoms with Gasteiger partial charge in [-0.3, -0.25) is 4.57 Å². The van der Waals surface area contributed by atoms with Crippen LogP contribution in [0.25, 0.3) is 0 Å². The summed E-state index contributed by atoms with van der Waals surface area (Å²) in [6, 6.07) is 9.13. The first kappa shape index (κ1) is 16.7. The van der Waals surface area contributed by atoms with Gasteiger partial charge in [-0.05, 0) is 42.7 Å². The Balaban J connectivity index is 2.21. The number of hydrogen-bond acceptors (Lipinski definition) is 3. The second-order valence-electron chi connectivity index (χ2n) is 6.62. The molecule has 0 aromatic heterocycles. The molecule has 21 heavy (non-hydrogen) atoms. The molecule has 0 saturated heterocycles. The fourth-order valence-corrected chi connectivity index (χ4v) is 4.94. The molecule has 118 valence electrons. The van der Waals surface area contributed by atoms with Crippen LogP contribution < -0.4 is 5.30 Å². The van der Waals surface area contributed by atoms with Crippen LogP contribution in [0.15, 0.2) is 30.3 Å². The number of aliphatic hydroxyl groups is 1. The van der Waals surface area contributed by atoms with Gasteiger partial charge in [0.2, 0.25) is 0 Å². The van der Waals surface area contributed by atoms with E-state index in [2.05, 4.69) is 20.8 Å². The van der Waals surface area contributed by atoms with Gasteiger partial charge < -0.3 is 9.63 Å². The first-order valence-corrected chi connectivity index (χ1v) is 9.71. The zero-order valence-electron chi connectivity index (χ0n) is 13.2. The topological polar surface area (TPSA) is 46.5 Å². The van der Waals surface area contributed by atoms with Gasteiger partial charge in [0.05, 0.1) is 6.10 Å². The van der Waals surface area contributed by atoms with E-state index < -0.39 is 13.7 Å². The van der Waals surface area contributed by atoms with E-state index in [-0.39, 0.29) is 6.10 Å². The molecule has 1 aliphatic rings. The molecule has 0 aliphatic heterocycles. The number of aliphatic hydroxyl groups excluding tert-OH is 1. The van der Waals surface area contributed by atoms with Crippen LogP contribution in [-0.4, -0.2) is 17.6 Å². The Hall–Kier alpha value is -0.630.